The highest BCUT2D eigenvalue weighted by atomic mass is 16.8. The molecule has 1 fully saturated rings. The lowest BCUT2D eigenvalue weighted by atomic mass is 10.0. The Labute approximate surface area is 63.3 Å². The quantitative estimate of drug-likeness (QED) is 0.513. The number of rotatable bonds is 0. The number of fused-ring (bicyclic) bond motifs is 5. The van der Waals surface area contributed by atoms with Gasteiger partial charge in [-0.15, -0.1) is 0 Å². The highest BCUT2D eigenvalue weighted by Gasteiger charge is 2.46. The predicted octanol–water partition coefficient (Wildman–Crippen LogP) is 0.673. The molecule has 2 aliphatic carbocycles. The second kappa shape index (κ2) is 1.57. The summed E-state index contributed by atoms with van der Waals surface area (Å²) in [6, 6.07) is 0. The van der Waals surface area contributed by atoms with E-state index in [1.165, 1.54) is 6.42 Å². The van der Waals surface area contributed by atoms with Crippen LogP contribution in [0.4, 0.5) is 0 Å². The fourth-order valence-corrected chi connectivity index (χ4v) is 2.39. The Bertz CT molecular complexity index is 307. The fraction of sp³-hybridized carbons (Fsp3) is 0.714. The highest BCUT2D eigenvalue weighted by Crippen LogP contribution is 2.50. The van der Waals surface area contributed by atoms with Gasteiger partial charge < -0.3 is 5.21 Å². The summed E-state index contributed by atoms with van der Waals surface area (Å²) in [5.41, 5.74) is 1.73. The molecule has 0 aromatic carbocycles. The predicted molar refractivity (Wildman–Crippen MR) is 34.8 cm³/mol. The molecular formula is C7H8N2O2. The molecule has 11 heavy (non-hydrogen) atoms. The lowest BCUT2D eigenvalue weighted by molar-refractivity contribution is -0.808. The van der Waals surface area contributed by atoms with Crippen molar-refractivity contribution in [2.45, 2.75) is 31.1 Å². The van der Waals surface area contributed by atoms with Gasteiger partial charge in [0, 0.05) is 17.0 Å². The molecule has 0 saturated heterocycles. The van der Waals surface area contributed by atoms with Crippen LogP contribution >= 0.6 is 0 Å². The molecule has 0 amide bonds. The minimum Gasteiger partial charge on any atom is -0.359 e. The van der Waals surface area contributed by atoms with Crippen molar-refractivity contribution in [1.29, 1.82) is 0 Å². The third kappa shape index (κ3) is 0.514. The van der Waals surface area contributed by atoms with Crippen LogP contribution in [-0.4, -0.2) is 5.16 Å². The van der Waals surface area contributed by atoms with E-state index in [2.05, 4.69) is 9.79 Å². The molecule has 0 radical (unpaired) electrons. The van der Waals surface area contributed by atoms with Gasteiger partial charge in [-0.25, -0.2) is 0 Å². The standard InChI is InChI=1S/C7H8N2O2/c10-9-7-5-2-1-4(3-5)6(7)8-11-9/h4-5H,1-3H2/t4-,5+/m0/s1. The van der Waals surface area contributed by atoms with Crippen LogP contribution in [0.15, 0.2) is 4.63 Å². The summed E-state index contributed by atoms with van der Waals surface area (Å²) in [5.74, 6) is 0.965. The van der Waals surface area contributed by atoms with E-state index in [4.69, 9.17) is 0 Å². The highest BCUT2D eigenvalue weighted by molar-refractivity contribution is 5.26. The van der Waals surface area contributed by atoms with Gasteiger partial charge in [0.1, 0.15) is 0 Å². The number of hydrogen-bond acceptors (Lipinski definition) is 3. The summed E-state index contributed by atoms with van der Waals surface area (Å²) >= 11 is 0. The third-order valence-corrected chi connectivity index (χ3v) is 2.88. The maximum atomic E-state index is 11.0. The zero-order valence-electron chi connectivity index (χ0n) is 5.99. The molecule has 2 bridgehead atoms. The smallest absolute Gasteiger partial charge is 0.224 e. The zero-order valence-corrected chi connectivity index (χ0v) is 5.99. The lowest BCUT2D eigenvalue weighted by Crippen LogP contribution is -2.29. The van der Waals surface area contributed by atoms with Gasteiger partial charge in [-0.2, -0.15) is 0 Å². The average Bonchev–Trinajstić information content (AvgIpc) is 2.60. The van der Waals surface area contributed by atoms with Crippen molar-refractivity contribution in [1.82, 2.24) is 5.16 Å². The number of aromatic nitrogens is 2. The van der Waals surface area contributed by atoms with Crippen molar-refractivity contribution in [3.05, 3.63) is 16.6 Å². The molecule has 0 spiro atoms. The van der Waals surface area contributed by atoms with Crippen LogP contribution in [-0.2, 0) is 0 Å². The van der Waals surface area contributed by atoms with Crippen LogP contribution in [0.5, 0.6) is 0 Å². The maximum absolute atomic E-state index is 11.0. The van der Waals surface area contributed by atoms with E-state index in [0.29, 0.717) is 16.7 Å². The van der Waals surface area contributed by atoms with Crippen molar-refractivity contribution in [3.8, 4) is 0 Å². The molecule has 4 heteroatoms. The van der Waals surface area contributed by atoms with E-state index in [-0.39, 0.29) is 0 Å². The van der Waals surface area contributed by atoms with E-state index in [1.54, 1.807) is 0 Å². The zero-order chi connectivity index (χ0) is 7.42. The van der Waals surface area contributed by atoms with Gasteiger partial charge in [0.15, 0.2) is 0 Å². The Morgan fingerprint density at radius 3 is 3.09 bits per heavy atom. The number of nitrogens with zero attached hydrogens (tertiary/aromatic N) is 2. The van der Waals surface area contributed by atoms with E-state index in [9.17, 15) is 5.21 Å². The molecule has 1 aromatic heterocycles. The molecule has 2 aliphatic rings. The van der Waals surface area contributed by atoms with Gasteiger partial charge in [-0.1, -0.05) is 0 Å². The third-order valence-electron chi connectivity index (χ3n) is 2.88. The van der Waals surface area contributed by atoms with Crippen LogP contribution in [0.2, 0.25) is 0 Å². The summed E-state index contributed by atoms with van der Waals surface area (Å²) in [6.45, 7) is 0. The van der Waals surface area contributed by atoms with Crippen molar-refractivity contribution >= 4 is 0 Å². The van der Waals surface area contributed by atoms with Crippen molar-refractivity contribution < 1.29 is 9.53 Å². The average molecular weight is 152 g/mol. The Hall–Kier alpha value is -1.06. The van der Waals surface area contributed by atoms with Gasteiger partial charge in [0.05, 0.1) is 0 Å². The molecule has 58 valence electrons. The molecule has 0 N–H and O–H groups in total. The SMILES string of the molecule is [O-][n+]1onc2c1[C@@H]1CC[C@H]2C1. The van der Waals surface area contributed by atoms with E-state index >= 15 is 0 Å². The molecule has 0 unspecified atom stereocenters. The Morgan fingerprint density at radius 1 is 1.45 bits per heavy atom. The first kappa shape index (κ1) is 5.57. The van der Waals surface area contributed by atoms with Gasteiger partial charge in [-0.3, -0.25) is 4.63 Å². The molecule has 1 heterocycles. The van der Waals surface area contributed by atoms with E-state index in [1.807, 2.05) is 0 Å². The molecule has 0 aliphatic heterocycles. The van der Waals surface area contributed by atoms with Crippen LogP contribution in [0.1, 0.15) is 42.5 Å². The lowest BCUT2D eigenvalue weighted by Gasteiger charge is -2.02. The Kier molecular flexibility index (Phi) is 0.796. The van der Waals surface area contributed by atoms with Crippen molar-refractivity contribution in [3.63, 3.8) is 0 Å². The van der Waals surface area contributed by atoms with Crippen LogP contribution in [0.3, 0.4) is 0 Å². The Morgan fingerprint density at radius 2 is 2.27 bits per heavy atom. The fourth-order valence-electron chi connectivity index (χ4n) is 2.39. The van der Waals surface area contributed by atoms with E-state index in [0.717, 1.165) is 24.2 Å². The molecule has 1 saturated carbocycles. The molecule has 2 atom stereocenters. The first-order chi connectivity index (χ1) is 5.36. The maximum Gasteiger partial charge on any atom is 0.224 e. The second-order valence-electron chi connectivity index (χ2n) is 3.41. The first-order valence-electron chi connectivity index (χ1n) is 3.96. The Balaban J connectivity index is 2.25. The summed E-state index contributed by atoms with van der Waals surface area (Å²) in [7, 11) is 0. The minimum atomic E-state index is 0.443. The second-order valence-corrected chi connectivity index (χ2v) is 3.41. The summed E-state index contributed by atoms with van der Waals surface area (Å²) in [6.07, 6.45) is 3.45. The van der Waals surface area contributed by atoms with Gasteiger partial charge in [-0.05, 0) is 24.2 Å². The van der Waals surface area contributed by atoms with Crippen molar-refractivity contribution in [2.24, 2.45) is 0 Å². The summed E-state index contributed by atoms with van der Waals surface area (Å²) in [5, 5.41) is 14.7. The normalized spacial score (nSPS) is 32.7. The topological polar surface area (TPSA) is 53.0 Å². The van der Waals surface area contributed by atoms with Crippen LogP contribution in [0, 0.1) is 5.21 Å². The molecule has 1 aromatic rings. The largest absolute Gasteiger partial charge is 0.359 e. The summed E-state index contributed by atoms with van der Waals surface area (Å²) in [4.78, 5) is 0.582. The monoisotopic (exact) mass is 152 g/mol. The van der Waals surface area contributed by atoms with Crippen molar-refractivity contribution in [2.75, 3.05) is 0 Å². The summed E-state index contributed by atoms with van der Waals surface area (Å²) < 4.78 is 4.53. The number of hydrogen-bond donors (Lipinski definition) is 0. The van der Waals surface area contributed by atoms with Gasteiger partial charge >= 0.3 is 0 Å². The van der Waals surface area contributed by atoms with Gasteiger partial charge in [0.25, 0.3) is 0 Å². The minimum absolute atomic E-state index is 0.443. The molecule has 4 nitrogen and oxygen atoms in total. The van der Waals surface area contributed by atoms with Gasteiger partial charge in [0.2, 0.25) is 11.4 Å². The van der Waals surface area contributed by atoms with Crippen LogP contribution < -0.4 is 4.90 Å². The molecular weight excluding hydrogens is 144 g/mol. The van der Waals surface area contributed by atoms with Crippen LogP contribution in [0.25, 0.3) is 0 Å². The van der Waals surface area contributed by atoms with E-state index < -0.39 is 0 Å². The molecule has 3 rings (SSSR count). The first-order valence-corrected chi connectivity index (χ1v) is 3.96.